The Morgan fingerprint density at radius 1 is 1.35 bits per heavy atom. The summed E-state index contributed by atoms with van der Waals surface area (Å²) in [5, 5.41) is 1.37. The van der Waals surface area contributed by atoms with Crippen molar-refractivity contribution in [3.05, 3.63) is 15.6 Å². The molecule has 1 aromatic rings. The molecule has 1 aliphatic carbocycles. The van der Waals surface area contributed by atoms with E-state index in [1.54, 1.807) is 4.88 Å². The highest BCUT2D eigenvalue weighted by Crippen LogP contribution is 2.41. The fourth-order valence-electron chi connectivity index (χ4n) is 2.70. The van der Waals surface area contributed by atoms with E-state index in [1.165, 1.54) is 49.2 Å². The molecule has 0 bridgehead atoms. The predicted octanol–water partition coefficient (Wildman–Crippen LogP) is 4.64. The fourth-order valence-corrected chi connectivity index (χ4v) is 4.00. The van der Waals surface area contributed by atoms with Crippen LogP contribution in [0, 0.1) is 11.3 Å². The average molecular weight is 251 g/mol. The van der Waals surface area contributed by atoms with Gasteiger partial charge in [-0.15, -0.1) is 11.3 Å². The lowest BCUT2D eigenvalue weighted by molar-refractivity contribution is 0.183. The second-order valence-electron chi connectivity index (χ2n) is 6.01. The van der Waals surface area contributed by atoms with Gasteiger partial charge in [-0.2, -0.15) is 0 Å². The minimum absolute atomic E-state index is 0.493. The fraction of sp³-hybridized carbons (Fsp3) is 0.800. The molecule has 0 aromatic carbocycles. The Bertz CT molecular complexity index is 378. The number of thiazole rings is 1. The summed E-state index contributed by atoms with van der Waals surface area (Å²) in [5.41, 5.74) is 1.91. The molecule has 0 radical (unpaired) electrons. The maximum absolute atomic E-state index is 4.80. The minimum atomic E-state index is 0.493. The van der Waals surface area contributed by atoms with Gasteiger partial charge in [-0.25, -0.2) is 4.98 Å². The van der Waals surface area contributed by atoms with E-state index < -0.39 is 0 Å². The van der Waals surface area contributed by atoms with Crippen LogP contribution < -0.4 is 0 Å². The third-order valence-corrected chi connectivity index (χ3v) is 5.64. The van der Waals surface area contributed by atoms with Gasteiger partial charge >= 0.3 is 0 Å². The lowest BCUT2D eigenvalue weighted by atomic mass is 9.70. The Balaban J connectivity index is 2.13. The number of hydrogen-bond acceptors (Lipinski definition) is 2. The van der Waals surface area contributed by atoms with Crippen LogP contribution in [0.5, 0.6) is 0 Å². The van der Waals surface area contributed by atoms with Gasteiger partial charge in [-0.1, -0.05) is 34.1 Å². The average Bonchev–Trinajstić information content (AvgIpc) is 2.70. The number of nitrogens with zero attached hydrogens (tertiary/aromatic N) is 1. The highest BCUT2D eigenvalue weighted by atomic mass is 32.1. The van der Waals surface area contributed by atoms with Gasteiger partial charge < -0.3 is 0 Å². The van der Waals surface area contributed by atoms with E-state index in [2.05, 4.69) is 27.7 Å². The Hall–Kier alpha value is -0.370. The smallest absolute Gasteiger partial charge is 0.0931 e. The summed E-state index contributed by atoms with van der Waals surface area (Å²) in [4.78, 5) is 6.39. The van der Waals surface area contributed by atoms with Crippen LogP contribution in [0.15, 0.2) is 0 Å². The van der Waals surface area contributed by atoms with E-state index in [9.17, 15) is 0 Å². The summed E-state index contributed by atoms with van der Waals surface area (Å²) in [6, 6.07) is 0. The summed E-state index contributed by atoms with van der Waals surface area (Å²) in [6.45, 7) is 9.42. The highest BCUT2D eigenvalue weighted by Gasteiger charge is 2.32. The summed E-state index contributed by atoms with van der Waals surface area (Å²) in [6.07, 6.45) is 7.49. The standard InChI is InChI=1S/C15H25NS/c1-5-7-14-16-12-9-8-11(10-13(12)17-14)15(3,4)6-2/h11H,5-10H2,1-4H3. The molecule has 2 rings (SSSR count). The first-order valence-corrected chi connectivity index (χ1v) is 7.86. The van der Waals surface area contributed by atoms with E-state index in [-0.39, 0.29) is 0 Å². The van der Waals surface area contributed by atoms with Crippen molar-refractivity contribution in [3.63, 3.8) is 0 Å². The van der Waals surface area contributed by atoms with E-state index in [0.29, 0.717) is 5.41 Å². The van der Waals surface area contributed by atoms with Crippen molar-refractivity contribution < 1.29 is 0 Å². The molecular formula is C15H25NS. The normalized spacial score (nSPS) is 20.4. The summed E-state index contributed by atoms with van der Waals surface area (Å²) in [7, 11) is 0. The van der Waals surface area contributed by atoms with Gasteiger partial charge in [-0.3, -0.25) is 0 Å². The summed E-state index contributed by atoms with van der Waals surface area (Å²) < 4.78 is 0. The topological polar surface area (TPSA) is 12.9 Å². The van der Waals surface area contributed by atoms with E-state index in [0.717, 1.165) is 5.92 Å². The van der Waals surface area contributed by atoms with Crippen LogP contribution in [0.2, 0.25) is 0 Å². The van der Waals surface area contributed by atoms with E-state index in [4.69, 9.17) is 4.98 Å². The SMILES string of the molecule is CCCc1nc2c(s1)CC(C(C)(C)CC)CC2. The largest absolute Gasteiger partial charge is 0.246 e. The minimum Gasteiger partial charge on any atom is -0.246 e. The van der Waals surface area contributed by atoms with Crippen molar-refractivity contribution in [2.75, 3.05) is 0 Å². The number of rotatable bonds is 4. The zero-order valence-electron chi connectivity index (χ0n) is 11.7. The molecule has 1 aromatic heterocycles. The third kappa shape index (κ3) is 2.73. The quantitative estimate of drug-likeness (QED) is 0.760. The van der Waals surface area contributed by atoms with Crippen LogP contribution >= 0.6 is 11.3 Å². The summed E-state index contributed by atoms with van der Waals surface area (Å²) in [5.74, 6) is 0.856. The maximum atomic E-state index is 4.80. The molecule has 96 valence electrons. The Morgan fingerprint density at radius 3 is 2.76 bits per heavy atom. The lowest BCUT2D eigenvalue weighted by Gasteiger charge is -2.35. The predicted molar refractivity (Wildman–Crippen MR) is 75.7 cm³/mol. The van der Waals surface area contributed by atoms with Crippen molar-refractivity contribution in [3.8, 4) is 0 Å². The first kappa shape index (κ1) is 13.1. The number of fused-ring (bicyclic) bond motifs is 1. The zero-order chi connectivity index (χ0) is 12.5. The number of aryl methyl sites for hydroxylation is 2. The molecule has 1 unspecified atom stereocenters. The first-order chi connectivity index (χ1) is 8.06. The van der Waals surface area contributed by atoms with Gasteiger partial charge in [0.1, 0.15) is 0 Å². The van der Waals surface area contributed by atoms with Gasteiger partial charge in [-0.05, 0) is 43.4 Å². The van der Waals surface area contributed by atoms with E-state index in [1.807, 2.05) is 11.3 Å². The van der Waals surface area contributed by atoms with Crippen molar-refractivity contribution in [1.29, 1.82) is 0 Å². The maximum Gasteiger partial charge on any atom is 0.0931 e. The Kier molecular flexibility index (Phi) is 3.92. The van der Waals surface area contributed by atoms with Crippen LogP contribution in [0.1, 0.15) is 62.5 Å². The molecule has 0 fully saturated rings. The lowest BCUT2D eigenvalue weighted by Crippen LogP contribution is -2.28. The molecule has 0 amide bonds. The number of hydrogen-bond donors (Lipinski definition) is 0. The summed E-state index contributed by atoms with van der Waals surface area (Å²) >= 11 is 1.98. The molecule has 0 aliphatic heterocycles. The van der Waals surface area contributed by atoms with Gasteiger partial charge in [0.25, 0.3) is 0 Å². The third-order valence-electron chi connectivity index (χ3n) is 4.46. The second kappa shape index (κ2) is 5.09. The Labute approximate surface area is 110 Å². The molecule has 0 saturated carbocycles. The molecule has 1 nitrogen and oxygen atoms in total. The van der Waals surface area contributed by atoms with Crippen molar-refractivity contribution in [2.45, 2.75) is 66.2 Å². The zero-order valence-corrected chi connectivity index (χ0v) is 12.5. The van der Waals surface area contributed by atoms with Crippen molar-refractivity contribution in [2.24, 2.45) is 11.3 Å². The van der Waals surface area contributed by atoms with Gasteiger partial charge in [0, 0.05) is 4.88 Å². The van der Waals surface area contributed by atoms with E-state index >= 15 is 0 Å². The molecule has 1 heterocycles. The van der Waals surface area contributed by atoms with Crippen LogP contribution in [0.4, 0.5) is 0 Å². The van der Waals surface area contributed by atoms with Crippen LogP contribution in [0.25, 0.3) is 0 Å². The monoisotopic (exact) mass is 251 g/mol. The molecule has 0 saturated heterocycles. The van der Waals surface area contributed by atoms with Gasteiger partial charge in [0.2, 0.25) is 0 Å². The molecule has 0 spiro atoms. The van der Waals surface area contributed by atoms with Crippen LogP contribution in [-0.2, 0) is 19.3 Å². The van der Waals surface area contributed by atoms with Crippen molar-refractivity contribution >= 4 is 11.3 Å². The first-order valence-electron chi connectivity index (χ1n) is 7.04. The molecule has 17 heavy (non-hydrogen) atoms. The highest BCUT2D eigenvalue weighted by molar-refractivity contribution is 7.11. The van der Waals surface area contributed by atoms with Crippen LogP contribution in [0.3, 0.4) is 0 Å². The van der Waals surface area contributed by atoms with Gasteiger partial charge in [0.05, 0.1) is 10.7 Å². The van der Waals surface area contributed by atoms with Crippen LogP contribution in [-0.4, -0.2) is 4.98 Å². The van der Waals surface area contributed by atoms with Crippen molar-refractivity contribution in [1.82, 2.24) is 4.98 Å². The molecular weight excluding hydrogens is 226 g/mol. The second-order valence-corrected chi connectivity index (χ2v) is 7.18. The molecule has 1 atom stereocenters. The molecule has 2 heteroatoms. The van der Waals surface area contributed by atoms with Gasteiger partial charge in [0.15, 0.2) is 0 Å². The number of aromatic nitrogens is 1. The Morgan fingerprint density at radius 2 is 2.12 bits per heavy atom. The molecule has 0 N–H and O–H groups in total. The molecule has 1 aliphatic rings.